The predicted molar refractivity (Wildman–Crippen MR) is 95.1 cm³/mol. The Morgan fingerprint density at radius 2 is 1.96 bits per heavy atom. The van der Waals surface area contributed by atoms with Crippen LogP contribution in [0.3, 0.4) is 0 Å². The SMILES string of the molecule is CCCCCC(O)/C=C/[C@H]1CC(F)(F)C(=O)N1CCCCCCC(=O)O. The van der Waals surface area contributed by atoms with Crippen LogP contribution < -0.4 is 0 Å². The van der Waals surface area contributed by atoms with Gasteiger partial charge in [-0.25, -0.2) is 0 Å². The molecule has 0 spiro atoms. The lowest BCUT2D eigenvalue weighted by Crippen LogP contribution is -2.36. The van der Waals surface area contributed by atoms with Crippen molar-refractivity contribution < 1.29 is 28.6 Å². The van der Waals surface area contributed by atoms with Crippen molar-refractivity contribution in [3.05, 3.63) is 12.2 Å². The predicted octanol–water partition coefficient (Wildman–Crippen LogP) is 3.76. The highest BCUT2D eigenvalue weighted by Gasteiger charge is 2.52. The van der Waals surface area contributed by atoms with Gasteiger partial charge in [0.2, 0.25) is 0 Å². The van der Waals surface area contributed by atoms with E-state index in [4.69, 9.17) is 5.11 Å². The van der Waals surface area contributed by atoms with Crippen molar-refractivity contribution in [2.75, 3.05) is 6.54 Å². The maximum absolute atomic E-state index is 13.8. The lowest BCUT2D eigenvalue weighted by atomic mass is 10.1. The second-order valence-corrected chi connectivity index (χ2v) is 6.98. The zero-order chi connectivity index (χ0) is 19.6. The van der Waals surface area contributed by atoms with Crippen LogP contribution in [-0.2, 0) is 9.59 Å². The van der Waals surface area contributed by atoms with Gasteiger partial charge in [0.15, 0.2) is 0 Å². The Bertz CT molecular complexity index is 482. The maximum Gasteiger partial charge on any atom is 0.327 e. The van der Waals surface area contributed by atoms with Gasteiger partial charge in [-0.3, -0.25) is 9.59 Å². The van der Waals surface area contributed by atoms with E-state index in [9.17, 15) is 23.5 Å². The Morgan fingerprint density at radius 3 is 2.62 bits per heavy atom. The van der Waals surface area contributed by atoms with E-state index in [0.29, 0.717) is 32.1 Å². The number of rotatable bonds is 13. The highest BCUT2D eigenvalue weighted by molar-refractivity contribution is 5.86. The van der Waals surface area contributed by atoms with Gasteiger partial charge in [0.1, 0.15) is 0 Å². The number of hydrogen-bond acceptors (Lipinski definition) is 3. The van der Waals surface area contributed by atoms with Gasteiger partial charge in [-0.1, -0.05) is 51.2 Å². The lowest BCUT2D eigenvalue weighted by molar-refractivity contribution is -0.148. The van der Waals surface area contributed by atoms with E-state index in [1.54, 1.807) is 0 Å². The molecule has 2 N–H and O–H groups in total. The molecule has 1 aliphatic rings. The maximum atomic E-state index is 13.8. The summed E-state index contributed by atoms with van der Waals surface area (Å²) in [6.07, 6.45) is 7.94. The van der Waals surface area contributed by atoms with Gasteiger partial charge in [0.05, 0.1) is 12.1 Å². The summed E-state index contributed by atoms with van der Waals surface area (Å²) in [5.74, 6) is -5.36. The molecule has 5 nitrogen and oxygen atoms in total. The Kier molecular flexibility index (Phi) is 9.76. The van der Waals surface area contributed by atoms with Crippen LogP contribution in [0.25, 0.3) is 0 Å². The minimum atomic E-state index is -3.36. The van der Waals surface area contributed by atoms with Crippen LogP contribution in [0.15, 0.2) is 12.2 Å². The fourth-order valence-corrected chi connectivity index (χ4v) is 3.13. The molecule has 0 aromatic heterocycles. The zero-order valence-electron chi connectivity index (χ0n) is 15.5. The number of nitrogens with zero attached hydrogens (tertiary/aromatic N) is 1. The molecule has 1 heterocycles. The topological polar surface area (TPSA) is 77.8 Å². The molecule has 150 valence electrons. The number of hydrogen-bond donors (Lipinski definition) is 2. The van der Waals surface area contributed by atoms with Crippen molar-refractivity contribution in [2.45, 2.75) is 89.2 Å². The van der Waals surface area contributed by atoms with Gasteiger partial charge >= 0.3 is 11.9 Å². The molecule has 1 fully saturated rings. The molecule has 2 atom stereocenters. The minimum Gasteiger partial charge on any atom is -0.481 e. The summed E-state index contributed by atoms with van der Waals surface area (Å²) < 4.78 is 27.6. The summed E-state index contributed by atoms with van der Waals surface area (Å²) in [4.78, 5) is 23.5. The quantitative estimate of drug-likeness (QED) is 0.380. The molecule has 0 aromatic rings. The molecule has 1 rings (SSSR count). The molecule has 7 heteroatoms. The van der Waals surface area contributed by atoms with Crippen LogP contribution in [0.2, 0.25) is 0 Å². The third-order valence-corrected chi connectivity index (χ3v) is 4.64. The van der Waals surface area contributed by atoms with Gasteiger partial charge in [-0.15, -0.1) is 0 Å². The summed E-state index contributed by atoms with van der Waals surface area (Å²) in [6, 6.07) is -0.697. The third-order valence-electron chi connectivity index (χ3n) is 4.64. The Balaban J connectivity index is 2.48. The number of amides is 1. The molecule has 0 radical (unpaired) electrons. The number of alkyl halides is 2. The smallest absolute Gasteiger partial charge is 0.327 e. The molecular weight excluding hydrogens is 344 g/mol. The van der Waals surface area contributed by atoms with E-state index in [1.165, 1.54) is 17.1 Å². The largest absolute Gasteiger partial charge is 0.481 e. The highest BCUT2D eigenvalue weighted by Crippen LogP contribution is 2.34. The average molecular weight is 375 g/mol. The van der Waals surface area contributed by atoms with E-state index in [2.05, 4.69) is 6.92 Å². The monoisotopic (exact) mass is 375 g/mol. The Morgan fingerprint density at radius 1 is 1.27 bits per heavy atom. The van der Waals surface area contributed by atoms with Crippen molar-refractivity contribution in [3.63, 3.8) is 0 Å². The van der Waals surface area contributed by atoms with Crippen molar-refractivity contribution in [3.8, 4) is 0 Å². The van der Waals surface area contributed by atoms with Crippen molar-refractivity contribution in [1.82, 2.24) is 4.90 Å². The zero-order valence-corrected chi connectivity index (χ0v) is 15.5. The van der Waals surface area contributed by atoms with E-state index in [0.717, 1.165) is 19.3 Å². The van der Waals surface area contributed by atoms with Crippen molar-refractivity contribution in [2.24, 2.45) is 0 Å². The summed E-state index contributed by atoms with van der Waals surface area (Å²) in [5.41, 5.74) is 0. The normalized spacial score (nSPS) is 20.8. The first-order chi connectivity index (χ1) is 12.3. The Hall–Kier alpha value is -1.50. The number of carbonyl (C=O) groups excluding carboxylic acids is 1. The van der Waals surface area contributed by atoms with Gasteiger partial charge in [-0.2, -0.15) is 8.78 Å². The first-order valence-corrected chi connectivity index (χ1v) is 9.55. The Labute approximate surface area is 154 Å². The van der Waals surface area contributed by atoms with E-state index in [1.807, 2.05) is 0 Å². The van der Waals surface area contributed by atoms with Crippen LogP contribution >= 0.6 is 0 Å². The van der Waals surface area contributed by atoms with Crippen LogP contribution in [0, 0.1) is 0 Å². The number of likely N-dealkylation sites (tertiary alicyclic amines) is 1. The second-order valence-electron chi connectivity index (χ2n) is 6.98. The molecule has 1 aliphatic heterocycles. The summed E-state index contributed by atoms with van der Waals surface area (Å²) in [5, 5.41) is 18.5. The number of carboxylic acids is 1. The number of aliphatic hydroxyl groups is 1. The molecule has 0 bridgehead atoms. The molecular formula is C19H31F2NO4. The van der Waals surface area contributed by atoms with Crippen LogP contribution in [0.1, 0.15) is 71.1 Å². The average Bonchev–Trinajstić information content (AvgIpc) is 2.78. The number of aliphatic hydroxyl groups excluding tert-OH is 1. The van der Waals surface area contributed by atoms with Crippen LogP contribution in [-0.4, -0.2) is 51.6 Å². The van der Waals surface area contributed by atoms with Gasteiger partial charge < -0.3 is 15.1 Å². The van der Waals surface area contributed by atoms with Gasteiger partial charge in [0.25, 0.3) is 5.91 Å². The summed E-state index contributed by atoms with van der Waals surface area (Å²) in [7, 11) is 0. The number of aliphatic carboxylic acids is 1. The van der Waals surface area contributed by atoms with Crippen LogP contribution in [0.4, 0.5) is 8.78 Å². The second kappa shape index (κ2) is 11.3. The third kappa shape index (κ3) is 7.81. The summed E-state index contributed by atoms with van der Waals surface area (Å²) >= 11 is 0. The standard InChI is InChI=1S/C19H31F2NO4/c1-2-3-6-9-16(23)12-11-15-14-19(20,21)18(26)22(15)13-8-5-4-7-10-17(24)25/h11-12,15-16,23H,2-10,13-14H2,1H3,(H,24,25)/b12-11+/t15-,16?/m0/s1. The van der Waals surface area contributed by atoms with Gasteiger partial charge in [0, 0.05) is 19.4 Å². The fourth-order valence-electron chi connectivity index (χ4n) is 3.13. The molecule has 0 aromatic carbocycles. The number of unbranched alkanes of at least 4 members (excludes halogenated alkanes) is 5. The molecule has 1 saturated heterocycles. The molecule has 0 aliphatic carbocycles. The number of carbonyl (C=O) groups is 2. The number of halogens is 2. The highest BCUT2D eigenvalue weighted by atomic mass is 19.3. The van der Waals surface area contributed by atoms with Crippen LogP contribution in [0.5, 0.6) is 0 Å². The van der Waals surface area contributed by atoms with Crippen molar-refractivity contribution in [1.29, 1.82) is 0 Å². The molecule has 0 saturated carbocycles. The molecule has 1 amide bonds. The lowest BCUT2D eigenvalue weighted by Gasteiger charge is -2.22. The van der Waals surface area contributed by atoms with Gasteiger partial charge in [-0.05, 0) is 19.3 Å². The van der Waals surface area contributed by atoms with Crippen molar-refractivity contribution >= 4 is 11.9 Å². The molecule has 1 unspecified atom stereocenters. The van der Waals surface area contributed by atoms with E-state index < -0.39 is 36.4 Å². The summed E-state index contributed by atoms with van der Waals surface area (Å²) in [6.45, 7) is 2.29. The first-order valence-electron chi connectivity index (χ1n) is 9.55. The van der Waals surface area contributed by atoms with E-state index in [-0.39, 0.29) is 13.0 Å². The fraction of sp³-hybridized carbons (Fsp3) is 0.789. The van der Waals surface area contributed by atoms with E-state index >= 15 is 0 Å². The first kappa shape index (κ1) is 22.5. The number of carboxylic acid groups (broad SMARTS) is 1. The molecule has 26 heavy (non-hydrogen) atoms. The minimum absolute atomic E-state index is 0.0992.